The van der Waals surface area contributed by atoms with E-state index in [4.69, 9.17) is 0 Å². The van der Waals surface area contributed by atoms with Crippen LogP contribution in [0.3, 0.4) is 0 Å². The van der Waals surface area contributed by atoms with E-state index in [9.17, 15) is 5.21 Å². The summed E-state index contributed by atoms with van der Waals surface area (Å²) in [5.41, 5.74) is 0. The van der Waals surface area contributed by atoms with Crippen LogP contribution in [0.25, 0.3) is 0 Å². The maximum absolute atomic E-state index is 9.59. The fraction of sp³-hybridized carbons (Fsp3) is 0. The second kappa shape index (κ2) is 0.702. The molecule has 1 rings (SSSR count). The van der Waals surface area contributed by atoms with Crippen LogP contribution in [0.15, 0.2) is 12.5 Å². The fourth-order valence-electron chi connectivity index (χ4n) is 0.124. The summed E-state index contributed by atoms with van der Waals surface area (Å²) < 4.78 is 0. The van der Waals surface area contributed by atoms with Crippen molar-refractivity contribution in [3.8, 4) is 0 Å². The fourth-order valence-corrected chi connectivity index (χ4v) is 0.124. The molecule has 0 radical (unpaired) electrons. The molecule has 1 N–H and O–H groups in total. The number of quaternary nitrogens is 1. The number of hydroxylamine groups is 2. The van der Waals surface area contributed by atoms with Gasteiger partial charge >= 0.3 is 0 Å². The van der Waals surface area contributed by atoms with Crippen molar-refractivity contribution in [1.82, 2.24) is 0 Å². The van der Waals surface area contributed by atoms with Crippen LogP contribution < -0.4 is 5.23 Å². The molecule has 1 aliphatic rings. The maximum atomic E-state index is 9.59. The number of nitrogens with one attached hydrogen (secondary N) is 1. The Morgan fingerprint density at radius 1 is 1.80 bits per heavy atom. The molecule has 28 valence electrons. The third-order valence-corrected chi connectivity index (χ3v) is 0.388. The minimum Gasteiger partial charge on any atom is -0.586 e. The molecule has 0 aliphatic carbocycles. The summed E-state index contributed by atoms with van der Waals surface area (Å²) in [5, 5.41) is 9.34. The lowest BCUT2D eigenvalue weighted by Gasteiger charge is -2.17. The van der Waals surface area contributed by atoms with Crippen molar-refractivity contribution in [2.24, 2.45) is 0 Å². The van der Waals surface area contributed by atoms with Crippen LogP contribution in [0.5, 0.6) is 0 Å². The van der Waals surface area contributed by atoms with Gasteiger partial charge in [0.25, 0.3) is 0 Å². The van der Waals surface area contributed by atoms with E-state index in [-0.39, 0.29) is 5.23 Å². The first-order valence-corrected chi connectivity index (χ1v) is 1.27. The SMILES string of the molecule is [O-][NH+]1C=CO1. The van der Waals surface area contributed by atoms with Crippen molar-refractivity contribution in [1.29, 1.82) is 0 Å². The smallest absolute Gasteiger partial charge is 0.212 e. The molecule has 1 heterocycles. The third kappa shape index (κ3) is 0.247. The second-order valence-corrected chi connectivity index (χ2v) is 0.740. The highest BCUT2D eigenvalue weighted by Crippen LogP contribution is 1.67. The largest absolute Gasteiger partial charge is 0.586 e. The molecular weight excluding hydrogens is 70.0 g/mol. The summed E-state index contributed by atoms with van der Waals surface area (Å²) in [5.74, 6) is 0. The molecule has 0 aromatic heterocycles. The Morgan fingerprint density at radius 3 is 2.20 bits per heavy atom. The van der Waals surface area contributed by atoms with Crippen molar-refractivity contribution in [3.05, 3.63) is 17.7 Å². The van der Waals surface area contributed by atoms with E-state index in [0.717, 1.165) is 0 Å². The van der Waals surface area contributed by atoms with E-state index in [1.165, 1.54) is 12.5 Å². The molecule has 3 nitrogen and oxygen atoms in total. The molecule has 5 heavy (non-hydrogen) atoms. The van der Waals surface area contributed by atoms with Gasteiger partial charge < -0.3 is 10.0 Å². The van der Waals surface area contributed by atoms with Gasteiger partial charge in [-0.3, -0.25) is 0 Å². The van der Waals surface area contributed by atoms with Crippen LogP contribution >= 0.6 is 0 Å². The van der Waals surface area contributed by atoms with Gasteiger partial charge in [-0.15, -0.1) is 0 Å². The van der Waals surface area contributed by atoms with Gasteiger partial charge in [0, 0.05) is 0 Å². The molecule has 0 fully saturated rings. The van der Waals surface area contributed by atoms with Crippen LogP contribution in [-0.2, 0) is 4.84 Å². The van der Waals surface area contributed by atoms with Gasteiger partial charge in [0.05, 0.1) is 0 Å². The highest BCUT2D eigenvalue weighted by molar-refractivity contribution is 4.60. The minimum atomic E-state index is -0.245. The predicted octanol–water partition coefficient (Wildman–Crippen LogP) is -1.21. The summed E-state index contributed by atoms with van der Waals surface area (Å²) in [4.78, 5) is 4.11. The van der Waals surface area contributed by atoms with E-state index in [2.05, 4.69) is 4.84 Å². The summed E-state index contributed by atoms with van der Waals surface area (Å²) >= 11 is 0. The molecule has 0 saturated carbocycles. The van der Waals surface area contributed by atoms with E-state index in [0.29, 0.717) is 0 Å². The molecule has 0 aromatic carbocycles. The summed E-state index contributed by atoms with van der Waals surface area (Å²) in [6.45, 7) is 0. The Bertz CT molecular complexity index is 60.7. The number of hydrogen-bond donors (Lipinski definition) is 1. The lowest BCUT2D eigenvalue weighted by atomic mass is 10.9. The minimum absolute atomic E-state index is 0.245. The van der Waals surface area contributed by atoms with Gasteiger partial charge in [0.1, 0.15) is 0 Å². The zero-order valence-electron chi connectivity index (χ0n) is 2.47. The maximum Gasteiger partial charge on any atom is 0.212 e. The van der Waals surface area contributed by atoms with Crippen molar-refractivity contribution in [2.75, 3.05) is 0 Å². The standard InChI is InChI=1S/C2H3NO2/c4-3-1-2-5-3/h1-3H. The van der Waals surface area contributed by atoms with Gasteiger partial charge in [-0.05, 0) is 0 Å². The first-order valence-electron chi connectivity index (χ1n) is 1.27. The Balaban J connectivity index is 2.39. The van der Waals surface area contributed by atoms with Gasteiger partial charge in [0.15, 0.2) is 6.20 Å². The Morgan fingerprint density at radius 2 is 2.20 bits per heavy atom. The second-order valence-electron chi connectivity index (χ2n) is 0.740. The van der Waals surface area contributed by atoms with Crippen molar-refractivity contribution in [2.45, 2.75) is 0 Å². The zero-order chi connectivity index (χ0) is 3.70. The molecule has 3 heteroatoms. The van der Waals surface area contributed by atoms with Crippen molar-refractivity contribution in [3.63, 3.8) is 0 Å². The zero-order valence-corrected chi connectivity index (χ0v) is 2.47. The summed E-state index contributed by atoms with van der Waals surface area (Å²) in [7, 11) is 0. The Kier molecular flexibility index (Phi) is 0.377. The third-order valence-electron chi connectivity index (χ3n) is 0.388. The number of hydrogen-bond acceptors (Lipinski definition) is 2. The normalized spacial score (nSPS) is 31.8. The molecule has 1 unspecified atom stereocenters. The Labute approximate surface area is 29.0 Å². The quantitative estimate of drug-likeness (QED) is 0.365. The molecule has 0 saturated heterocycles. The summed E-state index contributed by atoms with van der Waals surface area (Å²) in [6.07, 6.45) is 2.71. The predicted molar refractivity (Wildman–Crippen MR) is 14.6 cm³/mol. The molecule has 1 atom stereocenters. The van der Waals surface area contributed by atoms with E-state index in [1.807, 2.05) is 0 Å². The van der Waals surface area contributed by atoms with E-state index >= 15 is 0 Å². The first kappa shape index (κ1) is 2.68. The van der Waals surface area contributed by atoms with Crippen molar-refractivity contribution < 1.29 is 10.1 Å². The topological polar surface area (TPSA) is 36.7 Å². The van der Waals surface area contributed by atoms with Gasteiger partial charge in [-0.1, -0.05) is 0 Å². The monoisotopic (exact) mass is 73.0 g/mol. The van der Waals surface area contributed by atoms with Crippen LogP contribution in [0.2, 0.25) is 0 Å². The highest BCUT2D eigenvalue weighted by Gasteiger charge is 1.95. The molecule has 0 bridgehead atoms. The lowest BCUT2D eigenvalue weighted by molar-refractivity contribution is -1.02. The van der Waals surface area contributed by atoms with Crippen molar-refractivity contribution >= 4 is 0 Å². The van der Waals surface area contributed by atoms with E-state index in [1.54, 1.807) is 0 Å². The highest BCUT2D eigenvalue weighted by atomic mass is 16.9. The average molecular weight is 73.1 g/mol. The molecular formula is C2H3NO2. The van der Waals surface area contributed by atoms with Crippen LogP contribution in [0.4, 0.5) is 0 Å². The van der Waals surface area contributed by atoms with Crippen LogP contribution in [0.1, 0.15) is 0 Å². The molecule has 0 aromatic rings. The molecule has 0 amide bonds. The van der Waals surface area contributed by atoms with Crippen LogP contribution in [-0.4, -0.2) is 0 Å². The summed E-state index contributed by atoms with van der Waals surface area (Å²) in [6, 6.07) is 0. The van der Waals surface area contributed by atoms with Gasteiger partial charge in [0.2, 0.25) is 6.26 Å². The van der Waals surface area contributed by atoms with E-state index < -0.39 is 0 Å². The van der Waals surface area contributed by atoms with Gasteiger partial charge in [-0.25, -0.2) is 0 Å². The van der Waals surface area contributed by atoms with Crippen LogP contribution in [0, 0.1) is 5.21 Å². The molecule has 0 spiro atoms. The van der Waals surface area contributed by atoms with Gasteiger partial charge in [-0.2, -0.15) is 5.23 Å². The Hall–Kier alpha value is -0.540. The molecule has 1 aliphatic heterocycles. The lowest BCUT2D eigenvalue weighted by Crippen LogP contribution is -3.04. The first-order chi connectivity index (χ1) is 2.39. The number of rotatable bonds is 0. The average Bonchev–Trinajstić information content (AvgIpc) is 1.30.